The third-order valence-electron chi connectivity index (χ3n) is 2.59. The number of hydrogen-bond acceptors (Lipinski definition) is 1. The number of aryl methyl sites for hydroxylation is 1. The normalized spacial score (nSPS) is 12.5. The molecule has 1 aromatic carbocycles. The summed E-state index contributed by atoms with van der Waals surface area (Å²) in [5, 5.41) is 3.56. The number of anilines is 1. The second kappa shape index (κ2) is 6.16. The Morgan fingerprint density at radius 1 is 1.40 bits per heavy atom. The van der Waals surface area contributed by atoms with Crippen LogP contribution in [0.5, 0.6) is 0 Å². The van der Waals surface area contributed by atoms with E-state index in [0.717, 1.165) is 4.47 Å². The lowest BCUT2D eigenvalue weighted by Crippen LogP contribution is -2.15. The van der Waals surface area contributed by atoms with Crippen molar-refractivity contribution in [3.63, 3.8) is 0 Å². The van der Waals surface area contributed by atoms with Gasteiger partial charge in [0, 0.05) is 16.2 Å². The lowest BCUT2D eigenvalue weighted by atomic mass is 10.1. The molecular formula is C13H20BrN. The fraction of sp³-hybridized carbons (Fsp3) is 0.538. The molecule has 0 radical (unpaired) electrons. The van der Waals surface area contributed by atoms with Crippen LogP contribution in [-0.4, -0.2) is 6.04 Å². The van der Waals surface area contributed by atoms with Gasteiger partial charge in [-0.2, -0.15) is 0 Å². The van der Waals surface area contributed by atoms with Gasteiger partial charge in [0.25, 0.3) is 0 Å². The highest BCUT2D eigenvalue weighted by Crippen LogP contribution is 2.22. The topological polar surface area (TPSA) is 12.0 Å². The zero-order chi connectivity index (χ0) is 11.3. The molecule has 0 amide bonds. The summed E-state index contributed by atoms with van der Waals surface area (Å²) in [6.45, 7) is 6.62. The number of nitrogens with one attached hydrogen (secondary N) is 1. The fourth-order valence-electron chi connectivity index (χ4n) is 1.60. The number of unbranched alkanes of at least 4 members (excludes halogenated alkanes) is 1. The molecular weight excluding hydrogens is 250 g/mol. The molecule has 15 heavy (non-hydrogen) atoms. The number of hydrogen-bond donors (Lipinski definition) is 1. The van der Waals surface area contributed by atoms with Gasteiger partial charge >= 0.3 is 0 Å². The first kappa shape index (κ1) is 12.6. The Morgan fingerprint density at radius 3 is 2.80 bits per heavy atom. The van der Waals surface area contributed by atoms with Crippen molar-refractivity contribution in [3.05, 3.63) is 28.2 Å². The Labute approximate surface area is 101 Å². The molecule has 0 fully saturated rings. The van der Waals surface area contributed by atoms with Crippen molar-refractivity contribution in [1.82, 2.24) is 0 Å². The van der Waals surface area contributed by atoms with Crippen LogP contribution in [0.25, 0.3) is 0 Å². The van der Waals surface area contributed by atoms with E-state index in [2.05, 4.69) is 60.2 Å². The summed E-state index contributed by atoms with van der Waals surface area (Å²) < 4.78 is 1.14. The summed E-state index contributed by atoms with van der Waals surface area (Å²) in [5.74, 6) is 0. The highest BCUT2D eigenvalue weighted by molar-refractivity contribution is 9.10. The van der Waals surface area contributed by atoms with E-state index >= 15 is 0 Å². The van der Waals surface area contributed by atoms with Crippen molar-refractivity contribution in [2.24, 2.45) is 0 Å². The number of benzene rings is 1. The molecule has 0 aliphatic heterocycles. The van der Waals surface area contributed by atoms with E-state index in [0.29, 0.717) is 6.04 Å². The first-order chi connectivity index (χ1) is 7.13. The smallest absolute Gasteiger partial charge is 0.0383 e. The van der Waals surface area contributed by atoms with Crippen LogP contribution in [-0.2, 0) is 0 Å². The lowest BCUT2D eigenvalue weighted by molar-refractivity contribution is 0.645. The van der Waals surface area contributed by atoms with Gasteiger partial charge in [0.2, 0.25) is 0 Å². The summed E-state index contributed by atoms with van der Waals surface area (Å²) in [5.41, 5.74) is 2.55. The van der Waals surface area contributed by atoms with Crippen LogP contribution >= 0.6 is 15.9 Å². The Balaban J connectivity index is 2.59. The molecule has 1 unspecified atom stereocenters. The van der Waals surface area contributed by atoms with Crippen LogP contribution in [0.3, 0.4) is 0 Å². The first-order valence-corrected chi connectivity index (χ1v) is 6.45. The van der Waals surface area contributed by atoms with Crippen LogP contribution in [0.1, 0.15) is 38.7 Å². The fourth-order valence-corrected chi connectivity index (χ4v) is 1.96. The molecule has 0 saturated heterocycles. The predicted molar refractivity (Wildman–Crippen MR) is 71.5 cm³/mol. The Kier molecular flexibility index (Phi) is 5.16. The molecule has 0 spiro atoms. The number of halogens is 1. The molecule has 0 bridgehead atoms. The van der Waals surface area contributed by atoms with E-state index in [9.17, 15) is 0 Å². The van der Waals surface area contributed by atoms with Gasteiger partial charge in [-0.25, -0.2) is 0 Å². The van der Waals surface area contributed by atoms with Gasteiger partial charge in [0.1, 0.15) is 0 Å². The Morgan fingerprint density at radius 2 is 2.13 bits per heavy atom. The van der Waals surface area contributed by atoms with E-state index in [-0.39, 0.29) is 0 Å². The van der Waals surface area contributed by atoms with Crippen molar-refractivity contribution in [3.8, 4) is 0 Å². The maximum Gasteiger partial charge on any atom is 0.0383 e. The predicted octanol–water partition coefficient (Wildman–Crippen LogP) is 4.75. The number of rotatable bonds is 5. The minimum Gasteiger partial charge on any atom is -0.382 e. The average Bonchev–Trinajstić information content (AvgIpc) is 2.20. The van der Waals surface area contributed by atoms with Gasteiger partial charge in [-0.1, -0.05) is 41.8 Å². The van der Waals surface area contributed by atoms with E-state index in [1.54, 1.807) is 0 Å². The van der Waals surface area contributed by atoms with Crippen LogP contribution in [0.2, 0.25) is 0 Å². The summed E-state index contributed by atoms with van der Waals surface area (Å²) in [7, 11) is 0. The van der Waals surface area contributed by atoms with E-state index in [1.807, 2.05) is 0 Å². The van der Waals surface area contributed by atoms with Crippen molar-refractivity contribution >= 4 is 21.6 Å². The van der Waals surface area contributed by atoms with Gasteiger partial charge in [-0.3, -0.25) is 0 Å². The molecule has 1 N–H and O–H groups in total. The SMILES string of the molecule is CCCCC(C)Nc1cc(Br)ccc1C. The third kappa shape index (κ3) is 4.25. The van der Waals surface area contributed by atoms with E-state index < -0.39 is 0 Å². The zero-order valence-corrected chi connectivity index (χ0v) is 11.4. The Bertz CT molecular complexity index is 309. The monoisotopic (exact) mass is 269 g/mol. The largest absolute Gasteiger partial charge is 0.382 e. The summed E-state index contributed by atoms with van der Waals surface area (Å²) in [4.78, 5) is 0. The maximum atomic E-state index is 3.56. The first-order valence-electron chi connectivity index (χ1n) is 5.66. The molecule has 1 nitrogen and oxygen atoms in total. The van der Waals surface area contributed by atoms with Crippen LogP contribution in [0.15, 0.2) is 22.7 Å². The molecule has 0 aliphatic carbocycles. The van der Waals surface area contributed by atoms with Gasteiger partial charge in [0.05, 0.1) is 0 Å². The highest BCUT2D eigenvalue weighted by Gasteiger charge is 2.04. The van der Waals surface area contributed by atoms with Crippen molar-refractivity contribution in [2.45, 2.75) is 46.1 Å². The molecule has 1 aromatic rings. The lowest BCUT2D eigenvalue weighted by Gasteiger charge is -2.16. The Hall–Kier alpha value is -0.500. The van der Waals surface area contributed by atoms with E-state index in [4.69, 9.17) is 0 Å². The highest BCUT2D eigenvalue weighted by atomic mass is 79.9. The van der Waals surface area contributed by atoms with Gasteiger partial charge in [0.15, 0.2) is 0 Å². The minimum atomic E-state index is 0.554. The standard InChI is InChI=1S/C13H20BrN/c1-4-5-6-11(3)15-13-9-12(14)8-7-10(13)2/h7-9,11,15H,4-6H2,1-3H3. The molecule has 0 aromatic heterocycles. The van der Waals surface area contributed by atoms with Crippen LogP contribution < -0.4 is 5.32 Å². The molecule has 1 atom stereocenters. The third-order valence-corrected chi connectivity index (χ3v) is 3.09. The zero-order valence-electron chi connectivity index (χ0n) is 9.81. The molecule has 0 aliphatic rings. The van der Waals surface area contributed by atoms with Crippen LogP contribution in [0.4, 0.5) is 5.69 Å². The molecule has 0 heterocycles. The molecule has 84 valence electrons. The van der Waals surface area contributed by atoms with Gasteiger partial charge < -0.3 is 5.32 Å². The van der Waals surface area contributed by atoms with Crippen molar-refractivity contribution in [2.75, 3.05) is 5.32 Å². The van der Waals surface area contributed by atoms with E-state index in [1.165, 1.54) is 30.5 Å². The van der Waals surface area contributed by atoms with Gasteiger partial charge in [-0.15, -0.1) is 0 Å². The van der Waals surface area contributed by atoms with Gasteiger partial charge in [-0.05, 0) is 38.0 Å². The molecule has 1 rings (SSSR count). The summed E-state index contributed by atoms with van der Waals surface area (Å²) >= 11 is 3.50. The minimum absolute atomic E-state index is 0.554. The maximum absolute atomic E-state index is 3.56. The van der Waals surface area contributed by atoms with Crippen molar-refractivity contribution < 1.29 is 0 Å². The van der Waals surface area contributed by atoms with Crippen LogP contribution in [0, 0.1) is 6.92 Å². The second-order valence-electron chi connectivity index (χ2n) is 4.15. The summed E-state index contributed by atoms with van der Waals surface area (Å²) in [6, 6.07) is 6.92. The second-order valence-corrected chi connectivity index (χ2v) is 5.06. The molecule has 0 saturated carbocycles. The van der Waals surface area contributed by atoms with Crippen molar-refractivity contribution in [1.29, 1.82) is 0 Å². The molecule has 2 heteroatoms. The average molecular weight is 270 g/mol. The summed E-state index contributed by atoms with van der Waals surface area (Å²) in [6.07, 6.45) is 3.80. The quantitative estimate of drug-likeness (QED) is 0.814.